The molecule has 1 fully saturated rings. The van der Waals surface area contributed by atoms with Crippen molar-refractivity contribution in [3.05, 3.63) is 29.3 Å². The van der Waals surface area contributed by atoms with E-state index in [0.29, 0.717) is 0 Å². The molecule has 1 heterocycles. The highest BCUT2D eigenvalue weighted by atomic mass is 16.5. The summed E-state index contributed by atoms with van der Waals surface area (Å²) < 4.78 is 4.58. The number of carbonyl (C=O) groups is 1. The molecule has 1 aromatic rings. The molecule has 3 N–H and O–H groups in total. The van der Waals surface area contributed by atoms with Crippen LogP contribution in [0.1, 0.15) is 35.8 Å². The number of piperazine rings is 1. The first-order chi connectivity index (χ1) is 9.22. The Kier molecular flexibility index (Phi) is 6.32. The second-order valence-electron chi connectivity index (χ2n) is 3.98. The number of rotatable bonds is 2. The third kappa shape index (κ3) is 3.94. The number of aromatic hydroxyl groups is 1. The highest BCUT2D eigenvalue weighted by Gasteiger charge is 2.17. The van der Waals surface area contributed by atoms with Crippen molar-refractivity contribution in [3.63, 3.8) is 0 Å². The molecule has 1 atom stereocenters. The van der Waals surface area contributed by atoms with Crippen molar-refractivity contribution < 1.29 is 14.6 Å². The van der Waals surface area contributed by atoms with E-state index in [2.05, 4.69) is 15.4 Å². The summed E-state index contributed by atoms with van der Waals surface area (Å²) in [6.45, 7) is 6.66. The smallest absolute Gasteiger partial charge is 0.341 e. The van der Waals surface area contributed by atoms with Gasteiger partial charge in [-0.3, -0.25) is 0 Å². The van der Waals surface area contributed by atoms with Crippen LogP contribution in [0.4, 0.5) is 0 Å². The summed E-state index contributed by atoms with van der Waals surface area (Å²) in [6.07, 6.45) is 0. The van der Waals surface area contributed by atoms with Crippen LogP contribution in [0.5, 0.6) is 5.75 Å². The van der Waals surface area contributed by atoms with Crippen LogP contribution in [0.15, 0.2) is 18.2 Å². The van der Waals surface area contributed by atoms with Gasteiger partial charge in [0.2, 0.25) is 0 Å². The first-order valence-corrected chi connectivity index (χ1v) is 6.57. The van der Waals surface area contributed by atoms with Gasteiger partial charge in [0.05, 0.1) is 7.11 Å². The van der Waals surface area contributed by atoms with Crippen molar-refractivity contribution in [1.29, 1.82) is 0 Å². The fraction of sp³-hybridized carbons (Fsp3) is 0.500. The molecule has 1 saturated heterocycles. The molecule has 5 nitrogen and oxygen atoms in total. The first-order valence-electron chi connectivity index (χ1n) is 6.57. The third-order valence-corrected chi connectivity index (χ3v) is 2.87. The summed E-state index contributed by atoms with van der Waals surface area (Å²) in [6, 6.07) is 5.20. The van der Waals surface area contributed by atoms with Gasteiger partial charge in [0.25, 0.3) is 0 Å². The van der Waals surface area contributed by atoms with Gasteiger partial charge in [0.15, 0.2) is 0 Å². The van der Waals surface area contributed by atoms with E-state index in [1.807, 2.05) is 19.9 Å². The SMILES string of the molecule is CC.COC(=O)c1ccc(C2CNCCN2)cc1O. The number of hydrogen-bond acceptors (Lipinski definition) is 5. The quantitative estimate of drug-likeness (QED) is 0.707. The second kappa shape index (κ2) is 7.76. The average Bonchev–Trinajstić information content (AvgIpc) is 2.49. The van der Waals surface area contributed by atoms with Crippen LogP contribution >= 0.6 is 0 Å². The molecule has 0 saturated carbocycles. The number of carbonyl (C=O) groups excluding carboxylic acids is 1. The van der Waals surface area contributed by atoms with E-state index in [9.17, 15) is 9.90 Å². The van der Waals surface area contributed by atoms with Gasteiger partial charge in [-0.25, -0.2) is 4.79 Å². The van der Waals surface area contributed by atoms with Gasteiger partial charge in [-0.1, -0.05) is 19.9 Å². The van der Waals surface area contributed by atoms with Crippen molar-refractivity contribution in [2.24, 2.45) is 0 Å². The van der Waals surface area contributed by atoms with Crippen LogP contribution < -0.4 is 10.6 Å². The Bertz CT molecular complexity index is 415. The Morgan fingerprint density at radius 3 is 2.63 bits per heavy atom. The largest absolute Gasteiger partial charge is 0.507 e. The number of benzene rings is 1. The Morgan fingerprint density at radius 2 is 2.11 bits per heavy atom. The Morgan fingerprint density at radius 1 is 1.37 bits per heavy atom. The zero-order valence-electron chi connectivity index (χ0n) is 11.7. The maximum atomic E-state index is 11.3. The lowest BCUT2D eigenvalue weighted by Gasteiger charge is -2.25. The van der Waals surface area contributed by atoms with E-state index in [4.69, 9.17) is 0 Å². The molecular formula is C14H22N2O3. The number of methoxy groups -OCH3 is 1. The van der Waals surface area contributed by atoms with Crippen LogP contribution in [0.25, 0.3) is 0 Å². The lowest BCUT2D eigenvalue weighted by molar-refractivity contribution is 0.0597. The van der Waals surface area contributed by atoms with Crippen molar-refractivity contribution in [1.82, 2.24) is 10.6 Å². The molecular weight excluding hydrogens is 244 g/mol. The summed E-state index contributed by atoms with van der Waals surface area (Å²) in [5.41, 5.74) is 1.15. The second-order valence-corrected chi connectivity index (χ2v) is 3.98. The summed E-state index contributed by atoms with van der Waals surface area (Å²) in [4.78, 5) is 11.3. The maximum absolute atomic E-state index is 11.3. The molecule has 0 aromatic heterocycles. The third-order valence-electron chi connectivity index (χ3n) is 2.87. The van der Waals surface area contributed by atoms with Crippen LogP contribution in [-0.2, 0) is 4.74 Å². The van der Waals surface area contributed by atoms with E-state index in [1.165, 1.54) is 7.11 Å². The molecule has 1 aliphatic rings. The molecule has 1 unspecified atom stereocenters. The Labute approximate surface area is 114 Å². The molecule has 1 aromatic carbocycles. The zero-order chi connectivity index (χ0) is 14.3. The highest BCUT2D eigenvalue weighted by Crippen LogP contribution is 2.23. The normalized spacial score (nSPS) is 18.2. The maximum Gasteiger partial charge on any atom is 0.341 e. The molecule has 2 rings (SSSR count). The van der Waals surface area contributed by atoms with E-state index in [0.717, 1.165) is 25.2 Å². The number of esters is 1. The van der Waals surface area contributed by atoms with Crippen LogP contribution in [0.3, 0.4) is 0 Å². The molecule has 106 valence electrons. The average molecular weight is 266 g/mol. The van der Waals surface area contributed by atoms with Gasteiger partial charge in [0, 0.05) is 25.7 Å². The number of ether oxygens (including phenoxy) is 1. The van der Waals surface area contributed by atoms with Crippen LogP contribution in [0, 0.1) is 0 Å². The molecule has 0 amide bonds. The van der Waals surface area contributed by atoms with Crippen molar-refractivity contribution in [2.75, 3.05) is 26.7 Å². The summed E-state index contributed by atoms with van der Waals surface area (Å²) >= 11 is 0. The van der Waals surface area contributed by atoms with Crippen molar-refractivity contribution >= 4 is 5.97 Å². The number of hydrogen-bond donors (Lipinski definition) is 3. The van der Waals surface area contributed by atoms with Crippen LogP contribution in [-0.4, -0.2) is 37.8 Å². The van der Waals surface area contributed by atoms with Gasteiger partial charge >= 0.3 is 5.97 Å². The van der Waals surface area contributed by atoms with E-state index < -0.39 is 5.97 Å². The first kappa shape index (κ1) is 15.5. The summed E-state index contributed by atoms with van der Waals surface area (Å²) in [5.74, 6) is -0.564. The van der Waals surface area contributed by atoms with Crippen molar-refractivity contribution in [3.8, 4) is 5.75 Å². The Balaban J connectivity index is 0.000000861. The molecule has 0 aliphatic carbocycles. The lowest BCUT2D eigenvalue weighted by atomic mass is 10.0. The predicted molar refractivity (Wildman–Crippen MR) is 74.4 cm³/mol. The van der Waals surface area contributed by atoms with Crippen molar-refractivity contribution in [2.45, 2.75) is 19.9 Å². The molecule has 0 spiro atoms. The standard InChI is InChI=1S/C12H16N2O3.C2H6/c1-17-12(16)9-3-2-8(6-11(9)15)10-7-13-4-5-14-10;1-2/h2-3,6,10,13-15H,4-5,7H2,1H3;1-2H3. The summed E-state index contributed by atoms with van der Waals surface area (Å²) in [5, 5.41) is 16.4. The minimum atomic E-state index is -0.524. The Hall–Kier alpha value is -1.59. The fourth-order valence-electron chi connectivity index (χ4n) is 1.94. The molecule has 5 heteroatoms. The van der Waals surface area contributed by atoms with Gasteiger partial charge in [-0.2, -0.15) is 0 Å². The topological polar surface area (TPSA) is 70.6 Å². The van der Waals surface area contributed by atoms with E-state index >= 15 is 0 Å². The van der Waals surface area contributed by atoms with E-state index in [1.54, 1.807) is 12.1 Å². The van der Waals surface area contributed by atoms with Gasteiger partial charge in [-0.05, 0) is 17.7 Å². The fourth-order valence-corrected chi connectivity index (χ4v) is 1.94. The number of phenolic OH excluding ortho intramolecular Hbond substituents is 1. The molecule has 0 bridgehead atoms. The van der Waals surface area contributed by atoms with Gasteiger partial charge in [-0.15, -0.1) is 0 Å². The van der Waals surface area contributed by atoms with E-state index in [-0.39, 0.29) is 17.4 Å². The highest BCUT2D eigenvalue weighted by molar-refractivity contribution is 5.92. The number of phenols is 1. The predicted octanol–water partition coefficient (Wildman–Crippen LogP) is 1.44. The molecule has 0 radical (unpaired) electrons. The number of nitrogens with one attached hydrogen (secondary N) is 2. The summed E-state index contributed by atoms with van der Waals surface area (Å²) in [7, 11) is 1.29. The zero-order valence-corrected chi connectivity index (χ0v) is 11.7. The minimum absolute atomic E-state index is 0.0401. The van der Waals surface area contributed by atoms with Crippen LogP contribution in [0.2, 0.25) is 0 Å². The lowest BCUT2D eigenvalue weighted by Crippen LogP contribution is -2.42. The molecule has 1 aliphatic heterocycles. The minimum Gasteiger partial charge on any atom is -0.507 e. The monoisotopic (exact) mass is 266 g/mol. The van der Waals surface area contributed by atoms with Gasteiger partial charge < -0.3 is 20.5 Å². The molecule has 19 heavy (non-hydrogen) atoms. The van der Waals surface area contributed by atoms with Gasteiger partial charge in [0.1, 0.15) is 11.3 Å².